The van der Waals surface area contributed by atoms with Crippen LogP contribution in [-0.2, 0) is 9.59 Å². The number of aliphatic hydroxyl groups is 2. The van der Waals surface area contributed by atoms with E-state index in [1.807, 2.05) is 0 Å². The number of aliphatic hydroxyl groups excluding tert-OH is 2. The van der Waals surface area contributed by atoms with Gasteiger partial charge in [-0.2, -0.15) is 0 Å². The molecule has 0 spiro atoms. The summed E-state index contributed by atoms with van der Waals surface area (Å²) in [5.74, 6) is -0.990. The summed E-state index contributed by atoms with van der Waals surface area (Å²) in [6.07, 6.45) is 0. The molecule has 1 fully saturated rings. The van der Waals surface area contributed by atoms with Crippen LogP contribution in [0, 0.1) is 0 Å². The van der Waals surface area contributed by atoms with Crippen LogP contribution in [0.2, 0.25) is 0 Å². The van der Waals surface area contributed by atoms with Gasteiger partial charge in [0.25, 0.3) is 5.91 Å². The predicted octanol–water partition coefficient (Wildman–Crippen LogP) is -1.66. The molecule has 1 aliphatic rings. The van der Waals surface area contributed by atoms with Crippen molar-refractivity contribution in [2.75, 3.05) is 20.0 Å². The van der Waals surface area contributed by atoms with E-state index in [1.54, 1.807) is 13.8 Å². The maximum Gasteiger partial charge on any atom is 0.251 e. The van der Waals surface area contributed by atoms with Crippen LogP contribution in [-0.4, -0.2) is 57.4 Å². The maximum absolute atomic E-state index is 11.7. The molecule has 0 bridgehead atoms. The standard InChI is InChI=1S/C8H14N2O4/c1-8(2)7(14)10(5-12)6(13)3-9(8)4-11/h11-12H,3-5H2,1-2H3. The van der Waals surface area contributed by atoms with Crippen molar-refractivity contribution < 1.29 is 19.8 Å². The lowest BCUT2D eigenvalue weighted by molar-refractivity contribution is -0.169. The average molecular weight is 202 g/mol. The fourth-order valence-electron chi connectivity index (χ4n) is 1.39. The van der Waals surface area contributed by atoms with Crippen LogP contribution in [0.3, 0.4) is 0 Å². The van der Waals surface area contributed by atoms with Gasteiger partial charge in [-0.1, -0.05) is 0 Å². The molecular formula is C8H14N2O4. The largest absolute Gasteiger partial charge is 0.381 e. The fourth-order valence-corrected chi connectivity index (χ4v) is 1.39. The lowest BCUT2D eigenvalue weighted by Crippen LogP contribution is -2.65. The molecule has 14 heavy (non-hydrogen) atoms. The van der Waals surface area contributed by atoms with E-state index in [4.69, 9.17) is 10.2 Å². The van der Waals surface area contributed by atoms with Crippen LogP contribution in [0.4, 0.5) is 0 Å². The normalized spacial score (nSPS) is 23.0. The van der Waals surface area contributed by atoms with E-state index in [1.165, 1.54) is 4.90 Å². The van der Waals surface area contributed by atoms with Crippen molar-refractivity contribution in [2.24, 2.45) is 0 Å². The average Bonchev–Trinajstić information content (AvgIpc) is 2.13. The summed E-state index contributed by atoms with van der Waals surface area (Å²) in [6, 6.07) is 0. The topological polar surface area (TPSA) is 81.1 Å². The molecule has 0 aliphatic carbocycles. The number of piperazine rings is 1. The molecule has 6 heteroatoms. The summed E-state index contributed by atoms with van der Waals surface area (Å²) in [4.78, 5) is 25.1. The zero-order valence-corrected chi connectivity index (χ0v) is 8.23. The number of carbonyl (C=O) groups is 2. The number of nitrogens with zero attached hydrogens (tertiary/aromatic N) is 2. The molecule has 0 radical (unpaired) electrons. The third-order valence-electron chi connectivity index (χ3n) is 2.50. The molecule has 0 aromatic heterocycles. The smallest absolute Gasteiger partial charge is 0.251 e. The minimum atomic E-state index is -0.953. The highest BCUT2D eigenvalue weighted by Crippen LogP contribution is 2.21. The summed E-state index contributed by atoms with van der Waals surface area (Å²) >= 11 is 0. The minimum Gasteiger partial charge on any atom is -0.381 e. The van der Waals surface area contributed by atoms with Gasteiger partial charge in [0.15, 0.2) is 0 Å². The summed E-state index contributed by atoms with van der Waals surface area (Å²) in [7, 11) is 0. The summed E-state index contributed by atoms with van der Waals surface area (Å²) in [5, 5.41) is 17.8. The molecule has 0 atom stereocenters. The van der Waals surface area contributed by atoms with E-state index in [0.29, 0.717) is 0 Å². The van der Waals surface area contributed by atoms with Crippen molar-refractivity contribution in [3.05, 3.63) is 0 Å². The molecule has 1 aliphatic heterocycles. The molecule has 0 unspecified atom stereocenters. The van der Waals surface area contributed by atoms with Crippen molar-refractivity contribution in [2.45, 2.75) is 19.4 Å². The van der Waals surface area contributed by atoms with Gasteiger partial charge in [-0.3, -0.25) is 19.4 Å². The van der Waals surface area contributed by atoms with E-state index in [-0.39, 0.29) is 13.3 Å². The molecule has 2 amide bonds. The van der Waals surface area contributed by atoms with E-state index >= 15 is 0 Å². The van der Waals surface area contributed by atoms with Crippen molar-refractivity contribution in [1.29, 1.82) is 0 Å². The van der Waals surface area contributed by atoms with Crippen LogP contribution in [0.1, 0.15) is 13.8 Å². The first-order chi connectivity index (χ1) is 6.45. The molecule has 0 saturated carbocycles. The summed E-state index contributed by atoms with van der Waals surface area (Å²) in [6.45, 7) is 2.17. The van der Waals surface area contributed by atoms with Gasteiger partial charge in [-0.25, -0.2) is 0 Å². The predicted molar refractivity (Wildman–Crippen MR) is 46.8 cm³/mol. The Kier molecular flexibility index (Phi) is 2.89. The zero-order valence-electron chi connectivity index (χ0n) is 8.23. The van der Waals surface area contributed by atoms with Gasteiger partial charge in [-0.05, 0) is 13.8 Å². The van der Waals surface area contributed by atoms with Gasteiger partial charge in [0, 0.05) is 0 Å². The second-order valence-corrected chi connectivity index (χ2v) is 3.67. The quantitative estimate of drug-likeness (QED) is 0.523. The maximum atomic E-state index is 11.7. The van der Waals surface area contributed by atoms with Gasteiger partial charge in [0.2, 0.25) is 5.91 Å². The van der Waals surface area contributed by atoms with E-state index < -0.39 is 24.1 Å². The van der Waals surface area contributed by atoms with Crippen LogP contribution in [0.15, 0.2) is 0 Å². The number of imide groups is 1. The number of hydrogen-bond acceptors (Lipinski definition) is 5. The van der Waals surface area contributed by atoms with Gasteiger partial charge in [0.1, 0.15) is 6.73 Å². The van der Waals surface area contributed by atoms with Crippen molar-refractivity contribution >= 4 is 11.8 Å². The molecule has 2 N–H and O–H groups in total. The minimum absolute atomic E-state index is 0.0597. The second-order valence-electron chi connectivity index (χ2n) is 3.67. The Morgan fingerprint density at radius 2 is 1.86 bits per heavy atom. The van der Waals surface area contributed by atoms with Crippen LogP contribution >= 0.6 is 0 Å². The Morgan fingerprint density at radius 1 is 1.29 bits per heavy atom. The SMILES string of the molecule is CC1(C)C(=O)N(CO)C(=O)CN1CO. The summed E-state index contributed by atoms with van der Waals surface area (Å²) in [5.41, 5.74) is -0.953. The van der Waals surface area contributed by atoms with E-state index in [9.17, 15) is 9.59 Å². The van der Waals surface area contributed by atoms with Gasteiger partial charge >= 0.3 is 0 Å². The molecule has 6 nitrogen and oxygen atoms in total. The molecule has 1 heterocycles. The molecule has 1 rings (SSSR count). The van der Waals surface area contributed by atoms with Crippen molar-refractivity contribution in [3.63, 3.8) is 0 Å². The number of amides is 2. The molecule has 80 valence electrons. The molecule has 0 aromatic rings. The van der Waals surface area contributed by atoms with E-state index in [0.717, 1.165) is 4.90 Å². The number of rotatable bonds is 2. The Balaban J connectivity index is 2.96. The molecular weight excluding hydrogens is 188 g/mol. The van der Waals surface area contributed by atoms with E-state index in [2.05, 4.69) is 0 Å². The van der Waals surface area contributed by atoms with Crippen molar-refractivity contribution in [1.82, 2.24) is 9.80 Å². The first kappa shape index (κ1) is 11.1. The highest BCUT2D eigenvalue weighted by molar-refractivity contribution is 6.02. The summed E-state index contributed by atoms with van der Waals surface area (Å²) < 4.78 is 0. The number of hydrogen-bond donors (Lipinski definition) is 2. The molecule has 1 saturated heterocycles. The van der Waals surface area contributed by atoms with Crippen molar-refractivity contribution in [3.8, 4) is 0 Å². The Morgan fingerprint density at radius 3 is 2.29 bits per heavy atom. The van der Waals surface area contributed by atoms with Gasteiger partial charge in [0.05, 0.1) is 18.8 Å². The van der Waals surface area contributed by atoms with Crippen LogP contribution < -0.4 is 0 Å². The lowest BCUT2D eigenvalue weighted by atomic mass is 9.98. The Hall–Kier alpha value is -0.980. The monoisotopic (exact) mass is 202 g/mol. The fraction of sp³-hybridized carbons (Fsp3) is 0.750. The third-order valence-corrected chi connectivity index (χ3v) is 2.50. The van der Waals surface area contributed by atoms with Gasteiger partial charge in [-0.15, -0.1) is 0 Å². The zero-order chi connectivity index (χ0) is 10.9. The van der Waals surface area contributed by atoms with Gasteiger partial charge < -0.3 is 10.2 Å². The Bertz CT molecular complexity index is 264. The lowest BCUT2D eigenvalue weighted by Gasteiger charge is -2.42. The Labute approximate surface area is 81.7 Å². The first-order valence-electron chi connectivity index (χ1n) is 4.26. The van der Waals surface area contributed by atoms with Crippen LogP contribution in [0.25, 0.3) is 0 Å². The first-order valence-corrected chi connectivity index (χ1v) is 4.26. The number of carbonyl (C=O) groups excluding carboxylic acids is 2. The third kappa shape index (κ3) is 1.52. The highest BCUT2D eigenvalue weighted by atomic mass is 16.3. The molecule has 0 aromatic carbocycles. The van der Waals surface area contributed by atoms with Crippen LogP contribution in [0.5, 0.6) is 0 Å². The second kappa shape index (κ2) is 3.64. The highest BCUT2D eigenvalue weighted by Gasteiger charge is 2.45.